The Morgan fingerprint density at radius 1 is 0.793 bits per heavy atom. The van der Waals surface area contributed by atoms with Gasteiger partial charge in [0.1, 0.15) is 5.75 Å². The highest BCUT2D eigenvalue weighted by molar-refractivity contribution is 7.89. The number of benzene rings is 3. The van der Waals surface area contributed by atoms with Crippen molar-refractivity contribution in [2.45, 2.75) is 11.4 Å². The molecule has 0 saturated heterocycles. The van der Waals surface area contributed by atoms with Crippen molar-refractivity contribution in [1.82, 2.24) is 4.72 Å². The molecule has 0 atom stereocenters. The third-order valence-electron chi connectivity index (χ3n) is 4.47. The van der Waals surface area contributed by atoms with E-state index in [0.29, 0.717) is 28.4 Å². The Balaban J connectivity index is 2.09. The molecule has 0 radical (unpaired) electrons. The molecule has 0 fully saturated rings. The van der Waals surface area contributed by atoms with Gasteiger partial charge in [-0.3, -0.25) is 0 Å². The number of rotatable bonds is 8. The molecule has 7 heteroatoms. The lowest BCUT2D eigenvalue weighted by Gasteiger charge is -2.16. The summed E-state index contributed by atoms with van der Waals surface area (Å²) in [5.74, 6) is 1.39. The lowest BCUT2D eigenvalue weighted by molar-refractivity contribution is 0.354. The minimum atomic E-state index is -3.84. The van der Waals surface area contributed by atoms with Crippen molar-refractivity contribution < 1.29 is 22.6 Å². The van der Waals surface area contributed by atoms with Crippen molar-refractivity contribution in [3.05, 3.63) is 72.3 Å². The van der Waals surface area contributed by atoms with Crippen LogP contribution in [0.25, 0.3) is 11.1 Å². The van der Waals surface area contributed by atoms with Gasteiger partial charge in [-0.15, -0.1) is 0 Å². The molecule has 0 aliphatic heterocycles. The molecule has 29 heavy (non-hydrogen) atoms. The maximum absolute atomic E-state index is 13.2. The van der Waals surface area contributed by atoms with Gasteiger partial charge in [0, 0.05) is 18.2 Å². The molecule has 0 bridgehead atoms. The Hall–Kier alpha value is -3.03. The van der Waals surface area contributed by atoms with Crippen molar-refractivity contribution in [2.24, 2.45) is 0 Å². The van der Waals surface area contributed by atoms with Crippen LogP contribution in [0.15, 0.2) is 71.6 Å². The highest BCUT2D eigenvalue weighted by Gasteiger charge is 2.23. The van der Waals surface area contributed by atoms with Crippen LogP contribution in [-0.2, 0) is 16.6 Å². The van der Waals surface area contributed by atoms with Crippen LogP contribution in [0.2, 0.25) is 0 Å². The molecule has 0 saturated carbocycles. The summed E-state index contributed by atoms with van der Waals surface area (Å²) in [6.45, 7) is 0.176. The van der Waals surface area contributed by atoms with E-state index in [0.717, 1.165) is 5.56 Å². The minimum Gasteiger partial charge on any atom is -0.497 e. The van der Waals surface area contributed by atoms with Gasteiger partial charge in [-0.25, -0.2) is 13.1 Å². The van der Waals surface area contributed by atoms with E-state index in [1.54, 1.807) is 31.4 Å². The molecule has 152 valence electrons. The quantitative estimate of drug-likeness (QED) is 0.607. The van der Waals surface area contributed by atoms with Gasteiger partial charge in [0.15, 0.2) is 11.5 Å². The molecular formula is C22H23NO5S. The summed E-state index contributed by atoms with van der Waals surface area (Å²) in [7, 11) is 0.700. The normalized spacial score (nSPS) is 11.1. The van der Waals surface area contributed by atoms with Crippen LogP contribution in [0.3, 0.4) is 0 Å². The fraction of sp³-hybridized carbons (Fsp3) is 0.182. The lowest BCUT2D eigenvalue weighted by Crippen LogP contribution is -2.24. The van der Waals surface area contributed by atoms with Gasteiger partial charge in [-0.05, 0) is 29.3 Å². The van der Waals surface area contributed by atoms with Crippen molar-refractivity contribution in [1.29, 1.82) is 0 Å². The maximum atomic E-state index is 13.2. The van der Waals surface area contributed by atoms with Gasteiger partial charge >= 0.3 is 0 Å². The topological polar surface area (TPSA) is 73.9 Å². The Morgan fingerprint density at radius 3 is 2.14 bits per heavy atom. The van der Waals surface area contributed by atoms with Gasteiger partial charge in [-0.1, -0.05) is 42.5 Å². The minimum absolute atomic E-state index is 0.0966. The SMILES string of the molecule is COc1cccc(-c2cc(OC)c(OC)cc2S(=O)(=O)NCc2ccccc2)c1. The zero-order valence-electron chi connectivity index (χ0n) is 16.5. The van der Waals surface area contributed by atoms with Gasteiger partial charge in [-0.2, -0.15) is 0 Å². The maximum Gasteiger partial charge on any atom is 0.241 e. The van der Waals surface area contributed by atoms with E-state index in [2.05, 4.69) is 4.72 Å². The highest BCUT2D eigenvalue weighted by Crippen LogP contribution is 2.38. The number of hydrogen-bond acceptors (Lipinski definition) is 5. The van der Waals surface area contributed by atoms with Crippen LogP contribution in [0, 0.1) is 0 Å². The summed E-state index contributed by atoms with van der Waals surface area (Å²) in [4.78, 5) is 0.0966. The van der Waals surface area contributed by atoms with E-state index < -0.39 is 10.0 Å². The summed E-state index contributed by atoms with van der Waals surface area (Å²) in [5.41, 5.74) is 2.03. The van der Waals surface area contributed by atoms with Crippen LogP contribution in [0.5, 0.6) is 17.2 Å². The van der Waals surface area contributed by atoms with E-state index in [1.165, 1.54) is 20.3 Å². The fourth-order valence-corrected chi connectivity index (χ4v) is 4.19. The largest absolute Gasteiger partial charge is 0.497 e. The summed E-state index contributed by atoms with van der Waals surface area (Å²) in [6.07, 6.45) is 0. The second-order valence-electron chi connectivity index (χ2n) is 6.25. The number of methoxy groups -OCH3 is 3. The first kappa shape index (κ1) is 20.7. The number of nitrogens with one attached hydrogen (secondary N) is 1. The number of ether oxygens (including phenoxy) is 3. The zero-order valence-corrected chi connectivity index (χ0v) is 17.3. The summed E-state index contributed by atoms with van der Waals surface area (Å²) in [6, 6.07) is 19.7. The first-order valence-corrected chi connectivity index (χ1v) is 10.4. The molecule has 0 aliphatic rings. The molecule has 1 N–H and O–H groups in total. The number of hydrogen-bond donors (Lipinski definition) is 1. The molecule has 3 aromatic rings. The van der Waals surface area contributed by atoms with Crippen LogP contribution >= 0.6 is 0 Å². The van der Waals surface area contributed by atoms with Crippen molar-refractivity contribution in [3.63, 3.8) is 0 Å². The first-order chi connectivity index (χ1) is 14.0. The standard InChI is InChI=1S/C22H23NO5S/c1-26-18-11-7-10-17(12-18)19-13-20(27-2)21(28-3)14-22(19)29(24,25)23-15-16-8-5-4-6-9-16/h4-14,23H,15H2,1-3H3. The molecule has 0 unspecified atom stereocenters. The van der Waals surface area contributed by atoms with Gasteiger partial charge in [0.05, 0.1) is 26.2 Å². The second kappa shape index (κ2) is 8.98. The predicted molar refractivity (Wildman–Crippen MR) is 112 cm³/mol. The average molecular weight is 413 g/mol. The molecule has 0 heterocycles. The van der Waals surface area contributed by atoms with Crippen LogP contribution in [0.1, 0.15) is 5.56 Å². The van der Waals surface area contributed by atoms with E-state index in [1.807, 2.05) is 36.4 Å². The van der Waals surface area contributed by atoms with Crippen LogP contribution in [-0.4, -0.2) is 29.7 Å². The Morgan fingerprint density at radius 2 is 1.48 bits per heavy atom. The summed E-state index contributed by atoms with van der Waals surface area (Å²) in [5, 5.41) is 0. The van der Waals surface area contributed by atoms with E-state index >= 15 is 0 Å². The molecule has 0 aromatic heterocycles. The van der Waals surface area contributed by atoms with E-state index in [4.69, 9.17) is 14.2 Å². The van der Waals surface area contributed by atoms with Gasteiger partial charge in [0.2, 0.25) is 10.0 Å². The average Bonchev–Trinajstić information content (AvgIpc) is 2.77. The van der Waals surface area contributed by atoms with Gasteiger partial charge in [0.25, 0.3) is 0 Å². The summed E-state index contributed by atoms with van der Waals surface area (Å²) >= 11 is 0. The highest BCUT2D eigenvalue weighted by atomic mass is 32.2. The third kappa shape index (κ3) is 4.70. The van der Waals surface area contributed by atoms with Crippen molar-refractivity contribution in [2.75, 3.05) is 21.3 Å². The predicted octanol–water partition coefficient (Wildman–Crippen LogP) is 3.86. The lowest BCUT2D eigenvalue weighted by atomic mass is 10.0. The summed E-state index contributed by atoms with van der Waals surface area (Å²) < 4.78 is 45.0. The molecule has 0 spiro atoms. The van der Waals surface area contributed by atoms with E-state index in [-0.39, 0.29) is 11.4 Å². The molecular weight excluding hydrogens is 390 g/mol. The smallest absolute Gasteiger partial charge is 0.241 e. The van der Waals surface area contributed by atoms with Crippen molar-refractivity contribution in [3.8, 4) is 28.4 Å². The Kier molecular flexibility index (Phi) is 6.41. The molecule has 0 amide bonds. The number of sulfonamides is 1. The Labute approximate surface area is 171 Å². The van der Waals surface area contributed by atoms with Crippen LogP contribution in [0.4, 0.5) is 0 Å². The van der Waals surface area contributed by atoms with E-state index in [9.17, 15) is 8.42 Å². The van der Waals surface area contributed by atoms with Gasteiger partial charge < -0.3 is 14.2 Å². The van der Waals surface area contributed by atoms with Crippen molar-refractivity contribution >= 4 is 10.0 Å². The molecule has 3 aromatic carbocycles. The zero-order chi connectivity index (χ0) is 20.9. The monoisotopic (exact) mass is 413 g/mol. The second-order valence-corrected chi connectivity index (χ2v) is 7.98. The molecule has 0 aliphatic carbocycles. The molecule has 3 rings (SSSR count). The third-order valence-corrected chi connectivity index (χ3v) is 5.91. The Bertz CT molecular complexity index is 1080. The fourth-order valence-electron chi connectivity index (χ4n) is 2.95. The first-order valence-electron chi connectivity index (χ1n) is 8.92. The van der Waals surface area contributed by atoms with Crippen LogP contribution < -0.4 is 18.9 Å². The molecule has 6 nitrogen and oxygen atoms in total.